The van der Waals surface area contributed by atoms with Crippen LogP contribution in [-0.2, 0) is 0 Å². The van der Waals surface area contributed by atoms with E-state index < -0.39 is 0 Å². The van der Waals surface area contributed by atoms with Crippen LogP contribution >= 0.6 is 0 Å². The molecule has 2 heterocycles. The molecule has 0 radical (unpaired) electrons. The minimum Gasteiger partial charge on any atom is -0.506 e. The molecule has 0 aliphatic carbocycles. The van der Waals surface area contributed by atoms with Gasteiger partial charge in [-0.1, -0.05) is 24.3 Å². The smallest absolute Gasteiger partial charge is 0.168 e. The van der Waals surface area contributed by atoms with Gasteiger partial charge >= 0.3 is 0 Å². The Morgan fingerprint density at radius 2 is 1.88 bits per heavy atom. The van der Waals surface area contributed by atoms with Crippen molar-refractivity contribution in [3.05, 3.63) is 66.6 Å². The molecular weight excluding hydrogens is 302 g/mol. The van der Waals surface area contributed by atoms with Crippen LogP contribution in [0.2, 0.25) is 0 Å². The predicted octanol–water partition coefficient (Wildman–Crippen LogP) is 3.57. The summed E-state index contributed by atoms with van der Waals surface area (Å²) in [5, 5.41) is 18.4. The predicted molar refractivity (Wildman–Crippen MR) is 92.8 cm³/mol. The number of aryl methyl sites for hydroxylation is 1. The van der Waals surface area contributed by atoms with Crippen molar-refractivity contribution >= 4 is 22.5 Å². The lowest BCUT2D eigenvalue weighted by Crippen LogP contribution is -1.99. The normalized spacial score (nSPS) is 10.9. The number of anilines is 2. The number of aromatic hydroxyl groups is 1. The summed E-state index contributed by atoms with van der Waals surface area (Å²) in [7, 11) is 0. The van der Waals surface area contributed by atoms with Gasteiger partial charge in [-0.2, -0.15) is 5.10 Å². The third-order valence-corrected chi connectivity index (χ3v) is 3.77. The summed E-state index contributed by atoms with van der Waals surface area (Å²) in [4.78, 5) is 8.64. The Morgan fingerprint density at radius 1 is 1.04 bits per heavy atom. The molecule has 0 aliphatic rings. The zero-order chi connectivity index (χ0) is 16.5. The molecule has 0 spiro atoms. The molecule has 0 bridgehead atoms. The molecule has 118 valence electrons. The van der Waals surface area contributed by atoms with Crippen LogP contribution in [-0.4, -0.2) is 24.9 Å². The highest BCUT2D eigenvalue weighted by Crippen LogP contribution is 2.30. The maximum atomic E-state index is 10.0. The van der Waals surface area contributed by atoms with Crippen LogP contribution in [0.5, 0.6) is 5.75 Å². The fraction of sp³-hybridized carbons (Fsp3) is 0.0556. The Balaban J connectivity index is 1.80. The van der Waals surface area contributed by atoms with Crippen molar-refractivity contribution in [2.75, 3.05) is 5.32 Å². The molecule has 0 saturated heterocycles. The van der Waals surface area contributed by atoms with Gasteiger partial charge in [0.2, 0.25) is 0 Å². The Labute approximate surface area is 138 Å². The van der Waals surface area contributed by atoms with Crippen molar-refractivity contribution in [2.45, 2.75) is 6.92 Å². The first-order chi connectivity index (χ1) is 11.7. The number of fused-ring (bicyclic) bond motifs is 1. The van der Waals surface area contributed by atoms with Gasteiger partial charge in [0.25, 0.3) is 0 Å². The number of hydrogen-bond donors (Lipinski definition) is 2. The van der Waals surface area contributed by atoms with Gasteiger partial charge in [0.05, 0.1) is 23.0 Å². The molecule has 0 saturated carbocycles. The first kappa shape index (κ1) is 14.2. The summed E-state index contributed by atoms with van der Waals surface area (Å²) in [5.74, 6) is 0.769. The molecule has 0 amide bonds. The average Bonchev–Trinajstić information content (AvgIpc) is 3.04. The second-order valence-electron chi connectivity index (χ2n) is 5.50. The molecule has 4 rings (SSSR count). The summed E-state index contributed by atoms with van der Waals surface area (Å²) < 4.78 is 1.76. The highest BCUT2D eigenvalue weighted by atomic mass is 16.3. The van der Waals surface area contributed by atoms with Crippen LogP contribution in [0.25, 0.3) is 16.7 Å². The quantitative estimate of drug-likeness (QED) is 0.565. The van der Waals surface area contributed by atoms with E-state index in [4.69, 9.17) is 0 Å². The largest absolute Gasteiger partial charge is 0.506 e. The van der Waals surface area contributed by atoms with Crippen LogP contribution in [0.15, 0.2) is 61.1 Å². The van der Waals surface area contributed by atoms with Gasteiger partial charge in [-0.15, -0.1) is 0 Å². The van der Waals surface area contributed by atoms with Gasteiger partial charge in [-0.05, 0) is 36.8 Å². The number of rotatable bonds is 3. The molecule has 2 aromatic heterocycles. The number of aromatic nitrogens is 4. The summed E-state index contributed by atoms with van der Waals surface area (Å²) in [6.07, 6.45) is 3.20. The molecule has 24 heavy (non-hydrogen) atoms. The van der Waals surface area contributed by atoms with Gasteiger partial charge in [-0.3, -0.25) is 0 Å². The van der Waals surface area contributed by atoms with Crippen molar-refractivity contribution in [3.8, 4) is 11.4 Å². The van der Waals surface area contributed by atoms with Crippen LogP contribution in [0, 0.1) is 6.92 Å². The Hall–Kier alpha value is -3.41. The van der Waals surface area contributed by atoms with Crippen molar-refractivity contribution < 1.29 is 5.11 Å². The lowest BCUT2D eigenvalue weighted by molar-refractivity contribution is 0.477. The number of nitrogens with one attached hydrogen (secondary N) is 1. The highest BCUT2D eigenvalue weighted by Gasteiger charge is 2.12. The van der Waals surface area contributed by atoms with Gasteiger partial charge in [0, 0.05) is 0 Å². The van der Waals surface area contributed by atoms with Crippen molar-refractivity contribution in [3.63, 3.8) is 0 Å². The Morgan fingerprint density at radius 3 is 2.71 bits per heavy atom. The third kappa shape index (κ3) is 2.44. The third-order valence-electron chi connectivity index (χ3n) is 3.77. The lowest BCUT2D eigenvalue weighted by atomic mass is 10.2. The lowest BCUT2D eigenvalue weighted by Gasteiger charge is -2.09. The van der Waals surface area contributed by atoms with Crippen LogP contribution < -0.4 is 5.32 Å². The molecule has 0 fully saturated rings. The molecule has 0 atom stereocenters. The van der Waals surface area contributed by atoms with E-state index in [0.717, 1.165) is 16.6 Å². The molecule has 6 heteroatoms. The number of nitrogens with zero attached hydrogens (tertiary/aromatic N) is 4. The summed E-state index contributed by atoms with van der Waals surface area (Å²) in [5.41, 5.74) is 3.27. The van der Waals surface area contributed by atoms with E-state index in [1.54, 1.807) is 16.9 Å². The Kier molecular flexibility index (Phi) is 3.35. The van der Waals surface area contributed by atoms with E-state index in [2.05, 4.69) is 20.4 Å². The molecule has 2 N–H and O–H groups in total. The van der Waals surface area contributed by atoms with Crippen molar-refractivity contribution in [2.24, 2.45) is 0 Å². The van der Waals surface area contributed by atoms with E-state index in [0.29, 0.717) is 17.2 Å². The molecule has 0 aliphatic heterocycles. The molecular formula is C18H15N5O. The fourth-order valence-electron chi connectivity index (χ4n) is 2.58. The second kappa shape index (κ2) is 5.66. The topological polar surface area (TPSA) is 75.9 Å². The SMILES string of the molecule is Cc1ccc(O)c(Nc2ncnc3c2cnn3-c2ccccc2)c1. The van der Waals surface area contributed by atoms with Gasteiger partial charge in [0.15, 0.2) is 5.65 Å². The van der Waals surface area contributed by atoms with Gasteiger partial charge in [0.1, 0.15) is 17.9 Å². The fourth-order valence-corrected chi connectivity index (χ4v) is 2.58. The van der Waals surface area contributed by atoms with Crippen LogP contribution in [0.3, 0.4) is 0 Å². The average molecular weight is 317 g/mol. The zero-order valence-corrected chi connectivity index (χ0v) is 13.0. The number of phenolic OH excluding ortho intramolecular Hbond substituents is 1. The number of benzene rings is 2. The van der Waals surface area contributed by atoms with Crippen LogP contribution in [0.1, 0.15) is 5.56 Å². The van der Waals surface area contributed by atoms with Crippen molar-refractivity contribution in [1.82, 2.24) is 19.7 Å². The second-order valence-corrected chi connectivity index (χ2v) is 5.50. The van der Waals surface area contributed by atoms with E-state index in [9.17, 15) is 5.11 Å². The number of para-hydroxylation sites is 1. The minimum absolute atomic E-state index is 0.169. The first-order valence-corrected chi connectivity index (χ1v) is 7.53. The standard InChI is InChI=1S/C18H15N5O/c1-12-7-8-16(24)15(9-12)22-17-14-10-21-23(18(14)20-11-19-17)13-5-3-2-4-6-13/h2-11,24H,1H3,(H,19,20,22). The van der Waals surface area contributed by atoms with E-state index in [1.165, 1.54) is 6.33 Å². The van der Waals surface area contributed by atoms with E-state index >= 15 is 0 Å². The van der Waals surface area contributed by atoms with Gasteiger partial charge < -0.3 is 10.4 Å². The van der Waals surface area contributed by atoms with E-state index in [-0.39, 0.29) is 5.75 Å². The molecule has 6 nitrogen and oxygen atoms in total. The maximum absolute atomic E-state index is 10.0. The first-order valence-electron chi connectivity index (χ1n) is 7.53. The Bertz CT molecular complexity index is 1010. The minimum atomic E-state index is 0.169. The van der Waals surface area contributed by atoms with Gasteiger partial charge in [-0.25, -0.2) is 14.6 Å². The van der Waals surface area contributed by atoms with E-state index in [1.807, 2.05) is 49.4 Å². The summed E-state index contributed by atoms with van der Waals surface area (Å²) in [6, 6.07) is 15.2. The summed E-state index contributed by atoms with van der Waals surface area (Å²) >= 11 is 0. The number of hydrogen-bond acceptors (Lipinski definition) is 5. The van der Waals surface area contributed by atoms with Crippen molar-refractivity contribution in [1.29, 1.82) is 0 Å². The summed E-state index contributed by atoms with van der Waals surface area (Å²) in [6.45, 7) is 1.97. The van der Waals surface area contributed by atoms with Crippen LogP contribution in [0.4, 0.5) is 11.5 Å². The monoisotopic (exact) mass is 317 g/mol. The molecule has 2 aromatic carbocycles. The number of phenols is 1. The highest BCUT2D eigenvalue weighted by molar-refractivity contribution is 5.89. The maximum Gasteiger partial charge on any atom is 0.168 e. The molecule has 4 aromatic rings. The zero-order valence-electron chi connectivity index (χ0n) is 13.0. The molecule has 0 unspecified atom stereocenters.